The minimum atomic E-state index is -0.207. The van der Waals surface area contributed by atoms with E-state index in [-0.39, 0.29) is 19.1 Å². The summed E-state index contributed by atoms with van der Waals surface area (Å²) in [4.78, 5) is 0. The Morgan fingerprint density at radius 1 is 1.16 bits per heavy atom. The van der Waals surface area contributed by atoms with E-state index in [1.165, 1.54) is 0 Å². The molecule has 2 N–H and O–H groups in total. The van der Waals surface area contributed by atoms with Gasteiger partial charge in [-0.25, -0.2) is 4.52 Å². The highest BCUT2D eigenvalue weighted by atomic mass is 35.5. The number of fused-ring (bicyclic) bond motifs is 1. The fourth-order valence-electron chi connectivity index (χ4n) is 3.28. The number of aryl methyl sites for hydroxylation is 2. The molecule has 2 heterocycles. The molecule has 2 aromatic heterocycles. The number of aliphatic hydroxyl groups is 2. The van der Waals surface area contributed by atoms with Crippen molar-refractivity contribution in [2.75, 3.05) is 13.2 Å². The van der Waals surface area contributed by atoms with E-state index in [2.05, 4.69) is 19.1 Å². The van der Waals surface area contributed by atoms with Crippen molar-refractivity contribution in [2.24, 2.45) is 5.92 Å². The fraction of sp³-hybridized carbons (Fsp3) is 0.350. The van der Waals surface area contributed by atoms with Crippen molar-refractivity contribution in [2.45, 2.75) is 26.7 Å². The zero-order valence-electron chi connectivity index (χ0n) is 14.5. The molecule has 0 saturated carbocycles. The third-order valence-electron chi connectivity index (χ3n) is 4.66. The second-order valence-electron chi connectivity index (χ2n) is 6.36. The summed E-state index contributed by atoms with van der Waals surface area (Å²) in [5.74, 6) is -0.207. The lowest BCUT2D eigenvalue weighted by atomic mass is 9.92. The maximum Gasteiger partial charge on any atom is 0.0731 e. The minimum absolute atomic E-state index is 0.0582. The van der Waals surface area contributed by atoms with E-state index in [1.54, 1.807) is 0 Å². The first-order valence-corrected chi connectivity index (χ1v) is 8.94. The predicted octanol–water partition coefficient (Wildman–Crippen LogP) is 3.67. The molecule has 132 valence electrons. The number of hydrogen-bond donors (Lipinski definition) is 2. The predicted molar refractivity (Wildman–Crippen MR) is 101 cm³/mol. The van der Waals surface area contributed by atoms with E-state index in [0.29, 0.717) is 11.4 Å². The lowest BCUT2D eigenvalue weighted by Gasteiger charge is -2.19. The Bertz CT molecular complexity index is 885. The molecular formula is C20H23ClN2O2. The third kappa shape index (κ3) is 3.43. The molecular weight excluding hydrogens is 336 g/mol. The molecule has 0 aliphatic carbocycles. The number of halogens is 1. The van der Waals surface area contributed by atoms with Gasteiger partial charge in [-0.05, 0) is 55.2 Å². The van der Waals surface area contributed by atoms with Crippen molar-refractivity contribution in [1.29, 1.82) is 0 Å². The average molecular weight is 359 g/mol. The van der Waals surface area contributed by atoms with Crippen LogP contribution in [0.2, 0.25) is 5.02 Å². The molecule has 0 unspecified atom stereocenters. The van der Waals surface area contributed by atoms with Crippen LogP contribution in [-0.4, -0.2) is 33.0 Å². The molecule has 0 spiro atoms. The summed E-state index contributed by atoms with van der Waals surface area (Å²) < 4.78 is 1.99. The topological polar surface area (TPSA) is 57.8 Å². The monoisotopic (exact) mass is 358 g/mol. The molecule has 0 aliphatic rings. The standard InChI is InChI=1S/C20H23ClN2O2/c1-3-17-7-8-19-20(15-5-4-6-16(21)10-15)18(9-14(11-24)12-25)13(2)22-23(17)19/h4-8,10,14,24-25H,3,9,11-12H2,1-2H3. The third-order valence-corrected chi connectivity index (χ3v) is 4.90. The van der Waals surface area contributed by atoms with Crippen LogP contribution in [0.3, 0.4) is 0 Å². The molecule has 5 heteroatoms. The van der Waals surface area contributed by atoms with Gasteiger partial charge in [0.25, 0.3) is 0 Å². The maximum absolute atomic E-state index is 9.53. The fourth-order valence-corrected chi connectivity index (χ4v) is 3.47. The SMILES string of the molecule is CCc1ccc2c(-c3cccc(Cl)c3)c(CC(CO)CO)c(C)nn12. The molecule has 0 fully saturated rings. The van der Waals surface area contributed by atoms with Crippen molar-refractivity contribution < 1.29 is 10.2 Å². The Kier molecular flexibility index (Phi) is 5.42. The number of nitrogens with zero attached hydrogens (tertiary/aromatic N) is 2. The molecule has 1 aromatic carbocycles. The van der Waals surface area contributed by atoms with E-state index in [1.807, 2.05) is 35.7 Å². The lowest BCUT2D eigenvalue weighted by Crippen LogP contribution is -2.17. The number of benzene rings is 1. The maximum atomic E-state index is 9.53. The van der Waals surface area contributed by atoms with Crippen molar-refractivity contribution in [3.05, 3.63) is 58.4 Å². The highest BCUT2D eigenvalue weighted by molar-refractivity contribution is 6.30. The number of rotatable bonds is 6. The quantitative estimate of drug-likeness (QED) is 0.706. The van der Waals surface area contributed by atoms with Gasteiger partial charge in [0, 0.05) is 35.4 Å². The van der Waals surface area contributed by atoms with Crippen LogP contribution >= 0.6 is 11.6 Å². The Morgan fingerprint density at radius 3 is 2.56 bits per heavy atom. The van der Waals surface area contributed by atoms with Gasteiger partial charge in [-0.15, -0.1) is 0 Å². The first-order valence-electron chi connectivity index (χ1n) is 8.56. The molecule has 4 nitrogen and oxygen atoms in total. The minimum Gasteiger partial charge on any atom is -0.396 e. The highest BCUT2D eigenvalue weighted by Crippen LogP contribution is 2.34. The molecule has 25 heavy (non-hydrogen) atoms. The second-order valence-corrected chi connectivity index (χ2v) is 6.80. The Labute approximate surface area is 152 Å². The van der Waals surface area contributed by atoms with Crippen LogP contribution in [0.4, 0.5) is 0 Å². The summed E-state index contributed by atoms with van der Waals surface area (Å²) in [6.07, 6.45) is 1.46. The van der Waals surface area contributed by atoms with Gasteiger partial charge in [0.05, 0.1) is 11.2 Å². The van der Waals surface area contributed by atoms with Crippen LogP contribution in [0, 0.1) is 12.8 Å². The van der Waals surface area contributed by atoms with Crippen LogP contribution in [0.1, 0.15) is 23.9 Å². The first kappa shape index (κ1) is 17.9. The zero-order valence-corrected chi connectivity index (χ0v) is 15.3. The van der Waals surface area contributed by atoms with Gasteiger partial charge in [0.1, 0.15) is 0 Å². The van der Waals surface area contributed by atoms with Gasteiger partial charge in [-0.2, -0.15) is 5.10 Å². The number of aliphatic hydroxyl groups excluding tert-OH is 2. The van der Waals surface area contributed by atoms with Gasteiger partial charge in [-0.1, -0.05) is 30.7 Å². The Morgan fingerprint density at radius 2 is 1.92 bits per heavy atom. The second kappa shape index (κ2) is 7.56. The normalized spacial score (nSPS) is 11.6. The van der Waals surface area contributed by atoms with Crippen LogP contribution in [0.5, 0.6) is 0 Å². The summed E-state index contributed by atoms with van der Waals surface area (Å²) in [5.41, 5.74) is 6.21. The van der Waals surface area contributed by atoms with Crippen LogP contribution in [-0.2, 0) is 12.8 Å². The Balaban J connectivity index is 2.29. The molecule has 0 atom stereocenters. The van der Waals surface area contributed by atoms with Crippen LogP contribution in [0.15, 0.2) is 36.4 Å². The molecule has 0 amide bonds. The van der Waals surface area contributed by atoms with E-state index in [0.717, 1.165) is 40.0 Å². The number of hydrogen-bond acceptors (Lipinski definition) is 3. The average Bonchev–Trinajstić information content (AvgIpc) is 3.01. The number of aromatic nitrogens is 2. The largest absolute Gasteiger partial charge is 0.396 e. The van der Waals surface area contributed by atoms with Crippen molar-refractivity contribution in [1.82, 2.24) is 9.61 Å². The van der Waals surface area contributed by atoms with Crippen molar-refractivity contribution in [3.8, 4) is 11.1 Å². The summed E-state index contributed by atoms with van der Waals surface area (Å²) in [5, 5.41) is 24.5. The first-order chi connectivity index (χ1) is 12.1. The van der Waals surface area contributed by atoms with Gasteiger partial charge in [0.15, 0.2) is 0 Å². The summed E-state index contributed by atoms with van der Waals surface area (Å²) in [6.45, 7) is 3.97. The summed E-state index contributed by atoms with van der Waals surface area (Å²) in [7, 11) is 0. The molecule has 3 aromatic rings. The molecule has 0 radical (unpaired) electrons. The van der Waals surface area contributed by atoms with Crippen molar-refractivity contribution in [3.63, 3.8) is 0 Å². The van der Waals surface area contributed by atoms with Gasteiger partial charge >= 0.3 is 0 Å². The Hall–Kier alpha value is -1.88. The van der Waals surface area contributed by atoms with E-state index < -0.39 is 0 Å². The van der Waals surface area contributed by atoms with E-state index >= 15 is 0 Å². The smallest absolute Gasteiger partial charge is 0.0731 e. The molecule has 0 aliphatic heterocycles. The summed E-state index contributed by atoms with van der Waals surface area (Å²) in [6, 6.07) is 12.0. The van der Waals surface area contributed by atoms with E-state index in [4.69, 9.17) is 16.7 Å². The highest BCUT2D eigenvalue weighted by Gasteiger charge is 2.19. The van der Waals surface area contributed by atoms with E-state index in [9.17, 15) is 10.2 Å². The zero-order chi connectivity index (χ0) is 18.0. The van der Waals surface area contributed by atoms with Gasteiger partial charge in [0.2, 0.25) is 0 Å². The van der Waals surface area contributed by atoms with Gasteiger partial charge in [-0.3, -0.25) is 0 Å². The molecule has 3 rings (SSSR count). The summed E-state index contributed by atoms with van der Waals surface area (Å²) >= 11 is 6.23. The van der Waals surface area contributed by atoms with Gasteiger partial charge < -0.3 is 10.2 Å². The molecule has 0 bridgehead atoms. The van der Waals surface area contributed by atoms with Crippen LogP contribution in [0.25, 0.3) is 16.6 Å². The molecule has 0 saturated heterocycles. The lowest BCUT2D eigenvalue weighted by molar-refractivity contribution is 0.150. The van der Waals surface area contributed by atoms with Crippen LogP contribution < -0.4 is 0 Å². The van der Waals surface area contributed by atoms with Crippen molar-refractivity contribution >= 4 is 17.1 Å².